The molecule has 4 heterocycles. The minimum absolute atomic E-state index is 0.00617. The van der Waals surface area contributed by atoms with Crippen LogP contribution in [0.2, 0.25) is 0 Å². The van der Waals surface area contributed by atoms with Gasteiger partial charge in [0.15, 0.2) is 12.2 Å². The van der Waals surface area contributed by atoms with Crippen LogP contribution in [0.4, 0.5) is 0 Å². The van der Waals surface area contributed by atoms with Crippen molar-refractivity contribution in [3.05, 3.63) is 0 Å². The third kappa shape index (κ3) is 26.9. The Morgan fingerprint density at radius 2 is 0.986 bits per heavy atom. The molecule has 2 N–H and O–H groups in total. The third-order valence-corrected chi connectivity index (χ3v) is 12.8. The average Bonchev–Trinajstić information content (AvgIpc) is 3.98. The maximum atomic E-state index is 12.6. The summed E-state index contributed by atoms with van der Waals surface area (Å²) in [6.45, 7) is 17.9. The van der Waals surface area contributed by atoms with Crippen molar-refractivity contribution >= 4 is 88.7 Å². The molecule has 35 heteroatoms. The number of phosphoric ester groups is 4. The first-order valence-corrected chi connectivity index (χ1v) is 28.1. The molecule has 4 saturated heterocycles. The number of ether oxygens (including phenoxy) is 6. The van der Waals surface area contributed by atoms with Gasteiger partial charge in [0, 0.05) is 39.5 Å². The number of rotatable bonds is 23. The molecule has 4 unspecified atom stereocenters. The van der Waals surface area contributed by atoms with Crippen molar-refractivity contribution in [2.45, 2.75) is 180 Å². The molecule has 25 nitrogen and oxygen atoms in total. The van der Waals surface area contributed by atoms with Crippen LogP contribution in [-0.4, -0.2) is 179 Å². The van der Waals surface area contributed by atoms with E-state index in [-0.39, 0.29) is 69.7 Å². The summed E-state index contributed by atoms with van der Waals surface area (Å²) in [7, 11) is 4.95. The molecule has 0 bridgehead atoms. The molecule has 398 valence electrons. The van der Waals surface area contributed by atoms with Gasteiger partial charge in [-0.15, -0.1) is 0 Å². The maximum Gasteiger partial charge on any atom is 0.343 e. The van der Waals surface area contributed by atoms with Crippen LogP contribution in [0.1, 0.15) is 94.9 Å². The Balaban J connectivity index is 0.000000403. The van der Waals surface area contributed by atoms with E-state index in [4.69, 9.17) is 92.2 Å². The van der Waals surface area contributed by atoms with Crippen LogP contribution in [0, 0.1) is 10.8 Å². The highest BCUT2D eigenvalue weighted by Gasteiger charge is 2.45. The lowest BCUT2D eigenvalue weighted by molar-refractivity contribution is -0.236. The molecule has 0 aromatic rings. The van der Waals surface area contributed by atoms with Gasteiger partial charge < -0.3 is 89.7 Å². The second kappa shape index (κ2) is 28.8. The summed E-state index contributed by atoms with van der Waals surface area (Å²) in [5.41, 5.74) is -0.849. The fourth-order valence-corrected chi connectivity index (χ4v) is 10.0. The van der Waals surface area contributed by atoms with Crippen molar-refractivity contribution in [2.24, 2.45) is 10.8 Å². The molecule has 0 aromatic carbocycles. The van der Waals surface area contributed by atoms with Crippen molar-refractivity contribution < 1.29 is 118 Å². The summed E-state index contributed by atoms with van der Waals surface area (Å²) < 4.78 is 112. The number of carboxylic acid groups (broad SMARTS) is 1. The first kappa shape index (κ1) is 66.7. The highest BCUT2D eigenvalue weighted by atomic mass is 31.2. The zero-order valence-electron chi connectivity index (χ0n) is 41.3. The predicted octanol–water partition coefficient (Wildman–Crippen LogP) is -0.658. The van der Waals surface area contributed by atoms with Crippen molar-refractivity contribution in [2.75, 3.05) is 26.4 Å². The van der Waals surface area contributed by atoms with Gasteiger partial charge in [0.25, 0.3) is 23.5 Å². The van der Waals surface area contributed by atoms with Gasteiger partial charge >= 0.3 is 19.8 Å². The van der Waals surface area contributed by atoms with Gasteiger partial charge in [0.05, 0.1) is 65.2 Å². The van der Waals surface area contributed by atoms with Crippen molar-refractivity contribution in [3.8, 4) is 0 Å². The van der Waals surface area contributed by atoms with Crippen molar-refractivity contribution in [3.63, 3.8) is 0 Å². The molecule has 16 atom stereocenters. The molecule has 4 aliphatic heterocycles. The number of aliphatic carboxylic acids is 1. The molecule has 10 radical (unpaired) electrons. The normalized spacial score (nSPS) is 32.3. The quantitative estimate of drug-likeness (QED) is 0.0947. The topological polar surface area (TPSA) is 355 Å². The van der Waals surface area contributed by atoms with Gasteiger partial charge in [-0.1, -0.05) is 41.5 Å². The Labute approximate surface area is 422 Å². The molecule has 71 heavy (non-hydrogen) atoms. The summed E-state index contributed by atoms with van der Waals surface area (Å²) in [6, 6.07) is -2.96. The molecular formula is C36H62B6O25P4-4. The van der Waals surface area contributed by atoms with Crippen LogP contribution in [0.3, 0.4) is 0 Å². The van der Waals surface area contributed by atoms with Crippen LogP contribution in [0.25, 0.3) is 0 Å². The van der Waals surface area contributed by atoms with Gasteiger partial charge in [-0.3, -0.25) is 18.3 Å². The minimum atomic E-state index is -5.25. The summed E-state index contributed by atoms with van der Waals surface area (Å²) in [5, 5.41) is 8.86. The van der Waals surface area contributed by atoms with E-state index >= 15 is 0 Å². The largest absolute Gasteiger partial charge is 0.756 e. The second-order valence-corrected chi connectivity index (χ2v) is 24.7. The Morgan fingerprint density at radius 1 is 0.620 bits per heavy atom. The van der Waals surface area contributed by atoms with Crippen LogP contribution in [-0.2, 0) is 87.9 Å². The van der Waals surface area contributed by atoms with Gasteiger partial charge in [-0.05, 0) is 64.2 Å². The highest BCUT2D eigenvalue weighted by Crippen LogP contribution is 2.48. The molecule has 0 spiro atoms. The zero-order valence-corrected chi connectivity index (χ0v) is 44.9. The van der Waals surface area contributed by atoms with Crippen LogP contribution in [0.15, 0.2) is 0 Å². The number of carbonyl (C=O) groups is 2. The number of carboxylic acids is 1. The van der Waals surface area contributed by atoms with Gasteiger partial charge in [0.1, 0.15) is 40.1 Å². The van der Waals surface area contributed by atoms with Crippen molar-refractivity contribution in [1.29, 1.82) is 0 Å². The van der Waals surface area contributed by atoms with Gasteiger partial charge in [-0.2, -0.15) is 0 Å². The fourth-order valence-electron chi connectivity index (χ4n) is 6.28. The van der Waals surface area contributed by atoms with E-state index in [0.29, 0.717) is 0 Å². The van der Waals surface area contributed by atoms with E-state index in [1.54, 1.807) is 55.4 Å². The second-order valence-electron chi connectivity index (χ2n) is 19.5. The van der Waals surface area contributed by atoms with Crippen LogP contribution < -0.4 is 19.6 Å². The van der Waals surface area contributed by atoms with Gasteiger partial charge in [0.2, 0.25) is 0 Å². The monoisotopic (exact) mass is 1080 g/mol. The van der Waals surface area contributed by atoms with Crippen LogP contribution in [0.5, 0.6) is 0 Å². The third-order valence-electron chi connectivity index (χ3n) is 9.37. The van der Waals surface area contributed by atoms with E-state index in [1.807, 2.05) is 13.8 Å². The lowest BCUT2D eigenvalue weighted by Gasteiger charge is -2.31. The smallest absolute Gasteiger partial charge is 0.343 e. The Bertz CT molecular complexity index is 1860. The molecule has 4 fully saturated rings. The first-order chi connectivity index (χ1) is 32.3. The Hall–Kier alpha value is -0.430. The van der Waals surface area contributed by atoms with E-state index in [2.05, 4.69) is 9.05 Å². The summed E-state index contributed by atoms with van der Waals surface area (Å²) in [4.78, 5) is 79.0. The fraction of sp³-hybridized carbons (Fsp3) is 0.944. The molecule has 4 rings (SSSR count). The molecule has 0 saturated carbocycles. The lowest BCUT2D eigenvalue weighted by atomic mass is 9.51. The average molecular weight is 1080 g/mol. The number of hydrogen-bond donors (Lipinski definition) is 2. The van der Waals surface area contributed by atoms with E-state index in [0.717, 1.165) is 0 Å². The number of hydrogen-bond acceptors (Lipinski definition) is 23. The molecular weight excluding hydrogens is 1020 g/mol. The lowest BCUT2D eigenvalue weighted by Crippen LogP contribution is -2.36. The van der Waals surface area contributed by atoms with E-state index < -0.39 is 121 Å². The Morgan fingerprint density at radius 3 is 1.34 bits per heavy atom. The molecule has 0 aromatic heterocycles. The SMILES string of the molecule is [B][B][C@H]1C[C@@H](OP(=O)([O-])O)[C@@H](COC(C)C)O1.[B][B][C@H]1C[C@@H](OP(=O)([O-])OC(=O)[C@H]2O[C@@H]([B])C[C@H]2OP(=O)([O-])OCC(C)(C)C)[C@@H](COC(C)C)O1.[B][C@H]1C[C@@H](OP(=O)([O-])OCC(C)(C)C)[C@@H](C(=O)O)O1. The number of phosphoric acid groups is 4. The summed E-state index contributed by atoms with van der Waals surface area (Å²) in [6.07, 6.45) is -9.01. The van der Waals surface area contributed by atoms with Gasteiger partial charge in [-0.25, -0.2) is 9.59 Å². The number of carbonyl (C=O) groups excluding carboxylic acids is 1. The van der Waals surface area contributed by atoms with E-state index in [9.17, 15) is 47.4 Å². The molecule has 0 aliphatic carbocycles. The molecule has 0 amide bonds. The maximum absolute atomic E-state index is 12.6. The zero-order chi connectivity index (χ0) is 54.5. The van der Waals surface area contributed by atoms with Crippen molar-refractivity contribution in [1.82, 2.24) is 0 Å². The summed E-state index contributed by atoms with van der Waals surface area (Å²) in [5.74, 6) is -2.78. The highest BCUT2D eigenvalue weighted by molar-refractivity contribution is 7.46. The molecule has 4 aliphatic rings. The minimum Gasteiger partial charge on any atom is -0.756 e. The van der Waals surface area contributed by atoms with E-state index in [1.165, 1.54) is 14.3 Å². The first-order valence-electron chi connectivity index (χ1n) is 22.2. The predicted molar refractivity (Wildman–Crippen MR) is 246 cm³/mol. The summed E-state index contributed by atoms with van der Waals surface area (Å²) >= 11 is 0. The standard InChI is InChI=1S/C18H32B3O12P2.C10H18BO7P.C8H16B2O6P/c1-10(2)27-8-13-11(7-15(21-20)29-13)31-35(25,26)33-17(22)16-12(6-14(19)30-16)32-34(23,24)28-9-18(3,4)5;1-10(2,3)5-16-19(14,15)18-6-4-7(11)17-8(6)9(12)13;1-5(2)14-4-7-6(16-17(11,12)13)3-8(10-9)15-7/h10-16H,6-9H2,1-5H3,(H,23,24)(H,25,26);6-8H,4-5H2,1-3H3,(H,12,13)(H,14,15);5-8H,3-4H2,1-2H3,(H2,11,12,13)/p-4/t11-,12-,13-,14-,15-,16+;6-,7-,8+;6-,7-,8-/m111/s1. The Kier molecular flexibility index (Phi) is 27.0. The van der Waals surface area contributed by atoms with Crippen LogP contribution >= 0.6 is 31.3 Å².